The van der Waals surface area contributed by atoms with Crippen molar-refractivity contribution in [3.05, 3.63) is 0 Å². The molecule has 1 aliphatic heterocycles. The molecule has 0 bridgehead atoms. The average molecular weight is 306 g/mol. The van der Waals surface area contributed by atoms with E-state index in [1.54, 1.807) is 20.8 Å². The van der Waals surface area contributed by atoms with Crippen LogP contribution in [0.2, 0.25) is 0 Å². The second kappa shape index (κ2) is 6.53. The van der Waals surface area contributed by atoms with Gasteiger partial charge in [0.1, 0.15) is 6.04 Å². The molecule has 0 aromatic carbocycles. The van der Waals surface area contributed by atoms with E-state index in [0.717, 1.165) is 0 Å². The topological polar surface area (TPSA) is 104 Å². The van der Waals surface area contributed by atoms with Gasteiger partial charge in [0.15, 0.2) is 0 Å². The van der Waals surface area contributed by atoms with E-state index in [2.05, 4.69) is 5.32 Å². The molecule has 1 aliphatic rings. The third-order valence-electron chi connectivity index (χ3n) is 3.22. The van der Waals surface area contributed by atoms with Gasteiger partial charge in [-0.15, -0.1) is 0 Å². The summed E-state index contributed by atoms with van der Waals surface area (Å²) >= 11 is 0. The smallest absolute Gasteiger partial charge is 0.305 e. The van der Waals surface area contributed by atoms with E-state index in [0.29, 0.717) is 13.0 Å². The summed E-state index contributed by atoms with van der Waals surface area (Å²) in [5.74, 6) is -1.56. The Morgan fingerprint density at radius 1 is 1.30 bits per heavy atom. The zero-order valence-electron chi connectivity index (χ0n) is 12.0. The molecule has 0 aromatic heterocycles. The number of aliphatic carboxylic acids is 1. The Labute approximate surface area is 119 Å². The van der Waals surface area contributed by atoms with Gasteiger partial charge in [-0.1, -0.05) is 13.8 Å². The van der Waals surface area contributed by atoms with Gasteiger partial charge < -0.3 is 10.4 Å². The van der Waals surface area contributed by atoms with E-state index in [1.165, 1.54) is 4.31 Å². The van der Waals surface area contributed by atoms with E-state index in [4.69, 9.17) is 5.11 Å². The van der Waals surface area contributed by atoms with Crippen LogP contribution >= 0.6 is 0 Å². The van der Waals surface area contributed by atoms with Crippen LogP contribution in [0.3, 0.4) is 0 Å². The third-order valence-corrected chi connectivity index (χ3v) is 5.15. The van der Waals surface area contributed by atoms with E-state index in [1.807, 2.05) is 0 Å². The minimum Gasteiger partial charge on any atom is -0.481 e. The number of hydrogen-bond donors (Lipinski definition) is 2. The van der Waals surface area contributed by atoms with E-state index < -0.39 is 34.0 Å². The Bertz CT molecular complexity index is 474. The SMILES string of the molecule is CC(CC(=O)O)NC(=O)C(C(C)C)N1CCCS1(=O)=O. The molecule has 1 rings (SSSR count). The van der Waals surface area contributed by atoms with Crippen molar-refractivity contribution in [3.63, 3.8) is 0 Å². The molecular weight excluding hydrogens is 284 g/mol. The maximum Gasteiger partial charge on any atom is 0.305 e. The molecule has 0 aliphatic carbocycles. The number of amides is 1. The second-order valence-corrected chi connectivity index (χ2v) is 7.52. The van der Waals surface area contributed by atoms with Crippen molar-refractivity contribution < 1.29 is 23.1 Å². The molecule has 1 heterocycles. The van der Waals surface area contributed by atoms with Crippen molar-refractivity contribution in [3.8, 4) is 0 Å². The van der Waals surface area contributed by atoms with Gasteiger partial charge >= 0.3 is 5.97 Å². The van der Waals surface area contributed by atoms with Gasteiger partial charge in [-0.2, -0.15) is 4.31 Å². The van der Waals surface area contributed by atoms with Crippen LogP contribution in [0.15, 0.2) is 0 Å². The molecular formula is C12H22N2O5S. The number of carbonyl (C=O) groups is 2. The van der Waals surface area contributed by atoms with Crippen molar-refractivity contribution in [2.45, 2.75) is 45.7 Å². The Hall–Kier alpha value is -1.15. The van der Waals surface area contributed by atoms with E-state index in [9.17, 15) is 18.0 Å². The fraction of sp³-hybridized carbons (Fsp3) is 0.833. The Morgan fingerprint density at radius 2 is 1.90 bits per heavy atom. The standard InChI is InChI=1S/C12H22N2O5S/c1-8(2)11(14-5-4-6-20(14,18)19)12(17)13-9(3)7-10(15)16/h8-9,11H,4-7H2,1-3H3,(H,13,17)(H,15,16). The molecule has 0 radical (unpaired) electrons. The molecule has 1 fully saturated rings. The lowest BCUT2D eigenvalue weighted by atomic mass is 10.0. The van der Waals surface area contributed by atoms with Gasteiger partial charge in [0.2, 0.25) is 15.9 Å². The zero-order valence-corrected chi connectivity index (χ0v) is 12.8. The van der Waals surface area contributed by atoms with Crippen molar-refractivity contribution >= 4 is 21.9 Å². The number of carboxylic acids is 1. The van der Waals surface area contributed by atoms with Crippen molar-refractivity contribution in [2.24, 2.45) is 5.92 Å². The maximum atomic E-state index is 12.2. The van der Waals surface area contributed by atoms with Crippen LogP contribution in [0.25, 0.3) is 0 Å². The molecule has 2 N–H and O–H groups in total. The average Bonchev–Trinajstić information content (AvgIpc) is 2.56. The normalized spacial score (nSPS) is 21.6. The number of carbonyl (C=O) groups excluding carboxylic acids is 1. The lowest BCUT2D eigenvalue weighted by Gasteiger charge is -2.29. The van der Waals surface area contributed by atoms with Gasteiger partial charge in [-0.25, -0.2) is 8.42 Å². The quantitative estimate of drug-likeness (QED) is 0.720. The number of carboxylic acid groups (broad SMARTS) is 1. The Balaban J connectivity index is 2.81. The molecule has 20 heavy (non-hydrogen) atoms. The van der Waals surface area contributed by atoms with Crippen LogP contribution in [-0.2, 0) is 19.6 Å². The maximum absolute atomic E-state index is 12.2. The van der Waals surface area contributed by atoms with Gasteiger partial charge in [0, 0.05) is 12.6 Å². The van der Waals surface area contributed by atoms with Crippen molar-refractivity contribution in [1.29, 1.82) is 0 Å². The molecule has 7 nitrogen and oxygen atoms in total. The fourth-order valence-corrected chi connectivity index (χ4v) is 4.20. The van der Waals surface area contributed by atoms with Crippen LogP contribution in [-0.4, -0.2) is 54.1 Å². The van der Waals surface area contributed by atoms with Gasteiger partial charge in [0.25, 0.3) is 0 Å². The summed E-state index contributed by atoms with van der Waals surface area (Å²) in [7, 11) is -3.38. The number of rotatable bonds is 6. The summed E-state index contributed by atoms with van der Waals surface area (Å²) < 4.78 is 25.1. The number of sulfonamides is 1. The molecule has 8 heteroatoms. The lowest BCUT2D eigenvalue weighted by molar-refractivity contribution is -0.137. The number of nitrogens with one attached hydrogen (secondary N) is 1. The highest BCUT2D eigenvalue weighted by atomic mass is 32.2. The second-order valence-electron chi connectivity index (χ2n) is 5.48. The van der Waals surface area contributed by atoms with Gasteiger partial charge in [-0.3, -0.25) is 9.59 Å². The van der Waals surface area contributed by atoms with Crippen LogP contribution in [0.1, 0.15) is 33.6 Å². The lowest BCUT2D eigenvalue weighted by Crippen LogP contribution is -2.52. The van der Waals surface area contributed by atoms with E-state index in [-0.39, 0.29) is 18.1 Å². The monoisotopic (exact) mass is 306 g/mol. The first-order valence-electron chi connectivity index (χ1n) is 6.67. The molecule has 0 spiro atoms. The predicted molar refractivity (Wildman–Crippen MR) is 73.6 cm³/mol. The highest BCUT2D eigenvalue weighted by Gasteiger charge is 2.40. The molecule has 0 aromatic rings. The summed E-state index contributed by atoms with van der Waals surface area (Å²) in [5, 5.41) is 11.3. The molecule has 2 atom stereocenters. The predicted octanol–water partition coefficient (Wildman–Crippen LogP) is 0.0259. The molecule has 116 valence electrons. The minimum absolute atomic E-state index is 0.0637. The van der Waals surface area contributed by atoms with Gasteiger partial charge in [-0.05, 0) is 19.3 Å². The molecule has 1 saturated heterocycles. The molecule has 1 amide bonds. The molecule has 2 unspecified atom stereocenters. The van der Waals surface area contributed by atoms with Crippen LogP contribution in [0.5, 0.6) is 0 Å². The van der Waals surface area contributed by atoms with Crippen molar-refractivity contribution in [1.82, 2.24) is 9.62 Å². The summed E-state index contributed by atoms with van der Waals surface area (Å²) in [6.07, 6.45) is 0.326. The minimum atomic E-state index is -3.38. The highest BCUT2D eigenvalue weighted by molar-refractivity contribution is 7.89. The summed E-state index contributed by atoms with van der Waals surface area (Å²) in [4.78, 5) is 22.8. The van der Waals surface area contributed by atoms with Gasteiger partial charge in [0.05, 0.1) is 12.2 Å². The number of hydrogen-bond acceptors (Lipinski definition) is 4. The highest BCUT2D eigenvalue weighted by Crippen LogP contribution is 2.22. The third kappa shape index (κ3) is 4.17. The van der Waals surface area contributed by atoms with E-state index >= 15 is 0 Å². The van der Waals surface area contributed by atoms with Crippen LogP contribution in [0.4, 0.5) is 0 Å². The first-order chi connectivity index (χ1) is 9.15. The first-order valence-corrected chi connectivity index (χ1v) is 8.27. The Morgan fingerprint density at radius 3 is 2.30 bits per heavy atom. The van der Waals surface area contributed by atoms with Crippen LogP contribution < -0.4 is 5.32 Å². The fourth-order valence-electron chi connectivity index (χ4n) is 2.38. The summed E-state index contributed by atoms with van der Waals surface area (Å²) in [5.41, 5.74) is 0. The number of nitrogens with zero attached hydrogens (tertiary/aromatic N) is 1. The summed E-state index contributed by atoms with van der Waals surface area (Å²) in [6, 6.07) is -1.31. The molecule has 0 saturated carbocycles. The zero-order chi connectivity index (χ0) is 15.5. The van der Waals surface area contributed by atoms with Crippen molar-refractivity contribution in [2.75, 3.05) is 12.3 Å². The largest absolute Gasteiger partial charge is 0.481 e. The first kappa shape index (κ1) is 16.9. The summed E-state index contributed by atoms with van der Waals surface area (Å²) in [6.45, 7) is 5.48. The Kier molecular flexibility index (Phi) is 5.52. The van der Waals surface area contributed by atoms with Crippen LogP contribution in [0, 0.1) is 5.92 Å².